The summed E-state index contributed by atoms with van der Waals surface area (Å²) >= 11 is 0. The van der Waals surface area contributed by atoms with Crippen molar-refractivity contribution in [3.8, 4) is 11.4 Å². The molecule has 0 saturated heterocycles. The van der Waals surface area contributed by atoms with Crippen molar-refractivity contribution < 1.29 is 18.3 Å². The van der Waals surface area contributed by atoms with Crippen LogP contribution < -0.4 is 10.6 Å². The number of hydrogen-bond acceptors (Lipinski definition) is 9. The zero-order valence-electron chi connectivity index (χ0n) is 19.1. The van der Waals surface area contributed by atoms with Crippen LogP contribution in [0, 0.1) is 0 Å². The Kier molecular flexibility index (Phi) is 5.73. The normalized spacial score (nSPS) is 13.9. The number of nitrogens with zero attached hydrogens (tertiary/aromatic N) is 6. The number of amides is 1. The standard InChI is InChI=1S/C22H24N8O4S/c1-13(2)29-11-17(26-21(32)12-31)16-9-24-20(7-18(16)29)27-19-5-6-23-22(28-19)14-8-25-30(10-14)35(33,34)15-3-4-15/h5-11,13,15,31H,3-4,12H2,1-2H3,(H,26,32)(H,23,24,27,28). The second kappa shape index (κ2) is 8.74. The number of aliphatic hydroxyl groups excluding tert-OH is 1. The molecule has 1 aliphatic rings. The van der Waals surface area contributed by atoms with Gasteiger partial charge in [-0.3, -0.25) is 4.79 Å². The molecule has 12 nitrogen and oxygen atoms in total. The van der Waals surface area contributed by atoms with Gasteiger partial charge in [0.05, 0.1) is 34.4 Å². The maximum absolute atomic E-state index is 12.4. The number of fused-ring (bicyclic) bond motifs is 1. The molecule has 4 aromatic heterocycles. The number of aromatic nitrogens is 6. The molecule has 0 spiro atoms. The number of nitrogens with one attached hydrogen (secondary N) is 2. The number of carbonyl (C=O) groups excluding carboxylic acids is 1. The molecule has 0 aromatic carbocycles. The lowest BCUT2D eigenvalue weighted by atomic mass is 10.2. The van der Waals surface area contributed by atoms with Crippen LogP contribution >= 0.6 is 0 Å². The summed E-state index contributed by atoms with van der Waals surface area (Å²) in [6, 6.07) is 3.63. The molecule has 1 amide bonds. The summed E-state index contributed by atoms with van der Waals surface area (Å²) < 4.78 is 27.8. The number of anilines is 3. The minimum Gasteiger partial charge on any atom is -0.387 e. The Morgan fingerprint density at radius 3 is 2.71 bits per heavy atom. The van der Waals surface area contributed by atoms with Crippen molar-refractivity contribution >= 4 is 44.2 Å². The van der Waals surface area contributed by atoms with Gasteiger partial charge < -0.3 is 20.3 Å². The predicted octanol–water partition coefficient (Wildman–Crippen LogP) is 2.29. The van der Waals surface area contributed by atoms with Gasteiger partial charge in [-0.25, -0.2) is 23.4 Å². The van der Waals surface area contributed by atoms with E-state index in [0.717, 1.165) is 15.0 Å². The van der Waals surface area contributed by atoms with E-state index in [9.17, 15) is 13.2 Å². The molecule has 0 aliphatic heterocycles. The van der Waals surface area contributed by atoms with Crippen molar-refractivity contribution in [2.75, 3.05) is 17.2 Å². The molecule has 0 bridgehead atoms. The first kappa shape index (κ1) is 22.9. The highest BCUT2D eigenvalue weighted by atomic mass is 32.2. The molecule has 1 saturated carbocycles. The van der Waals surface area contributed by atoms with E-state index < -0.39 is 22.5 Å². The van der Waals surface area contributed by atoms with Crippen LogP contribution in [0.15, 0.2) is 43.1 Å². The van der Waals surface area contributed by atoms with Crippen LogP contribution in [0.4, 0.5) is 17.3 Å². The van der Waals surface area contributed by atoms with Crippen LogP contribution in [0.3, 0.4) is 0 Å². The minimum atomic E-state index is -3.47. The molecule has 3 N–H and O–H groups in total. The molecule has 0 atom stereocenters. The second-order valence-corrected chi connectivity index (χ2v) is 10.6. The lowest BCUT2D eigenvalue weighted by Crippen LogP contribution is -2.17. The van der Waals surface area contributed by atoms with E-state index in [0.29, 0.717) is 41.6 Å². The van der Waals surface area contributed by atoms with Gasteiger partial charge in [0, 0.05) is 36.1 Å². The van der Waals surface area contributed by atoms with Crippen molar-refractivity contribution in [3.63, 3.8) is 0 Å². The van der Waals surface area contributed by atoms with Gasteiger partial charge in [-0.2, -0.15) is 9.19 Å². The van der Waals surface area contributed by atoms with E-state index in [-0.39, 0.29) is 11.3 Å². The van der Waals surface area contributed by atoms with Crippen molar-refractivity contribution in [2.45, 2.75) is 38.0 Å². The number of aliphatic hydroxyl groups is 1. The summed E-state index contributed by atoms with van der Waals surface area (Å²) in [5.41, 5.74) is 1.89. The molecule has 13 heteroatoms. The highest BCUT2D eigenvalue weighted by Gasteiger charge is 2.37. The van der Waals surface area contributed by atoms with Crippen LogP contribution in [-0.2, 0) is 14.8 Å². The Balaban J connectivity index is 1.42. The third-order valence-electron chi connectivity index (χ3n) is 5.63. The predicted molar refractivity (Wildman–Crippen MR) is 130 cm³/mol. The first-order valence-corrected chi connectivity index (χ1v) is 12.6. The van der Waals surface area contributed by atoms with E-state index in [2.05, 4.69) is 30.7 Å². The van der Waals surface area contributed by atoms with E-state index in [1.54, 1.807) is 18.5 Å². The van der Waals surface area contributed by atoms with Crippen LogP contribution in [0.1, 0.15) is 32.7 Å². The first-order valence-electron chi connectivity index (χ1n) is 11.1. The molecular weight excluding hydrogens is 472 g/mol. The third kappa shape index (κ3) is 4.47. The molecule has 4 aromatic rings. The summed E-state index contributed by atoms with van der Waals surface area (Å²) in [4.78, 5) is 24.9. The molecule has 0 radical (unpaired) electrons. The molecular formula is C22H24N8O4S. The zero-order valence-corrected chi connectivity index (χ0v) is 19.9. The zero-order chi connectivity index (χ0) is 24.7. The molecule has 0 unspecified atom stereocenters. The van der Waals surface area contributed by atoms with Gasteiger partial charge in [0.25, 0.3) is 10.0 Å². The van der Waals surface area contributed by atoms with Crippen molar-refractivity contribution in [3.05, 3.63) is 43.1 Å². The Bertz CT molecular complexity index is 1520. The fraction of sp³-hybridized carbons (Fsp3) is 0.318. The summed E-state index contributed by atoms with van der Waals surface area (Å²) in [5, 5.41) is 19.3. The lowest BCUT2D eigenvalue weighted by Gasteiger charge is -2.10. The third-order valence-corrected chi connectivity index (χ3v) is 7.66. The summed E-state index contributed by atoms with van der Waals surface area (Å²) in [6.07, 6.45) is 9.18. The quantitative estimate of drug-likeness (QED) is 0.333. The van der Waals surface area contributed by atoms with Crippen molar-refractivity contribution in [1.82, 2.24) is 28.7 Å². The Hall–Kier alpha value is -3.84. The average molecular weight is 497 g/mol. The van der Waals surface area contributed by atoms with E-state index in [1.807, 2.05) is 30.7 Å². The second-order valence-electron chi connectivity index (χ2n) is 8.57. The fourth-order valence-electron chi connectivity index (χ4n) is 3.71. The Labute approximate surface area is 201 Å². The average Bonchev–Trinajstić information content (AvgIpc) is 3.48. The lowest BCUT2D eigenvalue weighted by molar-refractivity contribution is -0.118. The van der Waals surface area contributed by atoms with Crippen molar-refractivity contribution in [1.29, 1.82) is 0 Å². The van der Waals surface area contributed by atoms with Crippen LogP contribution in [0.25, 0.3) is 22.3 Å². The topological polar surface area (TPSA) is 157 Å². The SMILES string of the molecule is CC(C)n1cc(NC(=O)CO)c2cnc(Nc3ccnc(-c4cnn(S(=O)(=O)C5CC5)c4)n3)cc21. The molecule has 35 heavy (non-hydrogen) atoms. The monoisotopic (exact) mass is 496 g/mol. The maximum Gasteiger partial charge on any atom is 0.256 e. The number of pyridine rings is 1. The Morgan fingerprint density at radius 2 is 2.00 bits per heavy atom. The van der Waals surface area contributed by atoms with Crippen molar-refractivity contribution in [2.24, 2.45) is 0 Å². The molecule has 4 heterocycles. The number of hydrogen-bond donors (Lipinski definition) is 3. The highest BCUT2D eigenvalue weighted by molar-refractivity contribution is 7.90. The largest absolute Gasteiger partial charge is 0.387 e. The van der Waals surface area contributed by atoms with Gasteiger partial charge in [0.2, 0.25) is 5.91 Å². The minimum absolute atomic E-state index is 0.113. The smallest absolute Gasteiger partial charge is 0.256 e. The van der Waals surface area contributed by atoms with E-state index in [4.69, 9.17) is 5.11 Å². The van der Waals surface area contributed by atoms with E-state index >= 15 is 0 Å². The highest BCUT2D eigenvalue weighted by Crippen LogP contribution is 2.31. The molecule has 1 aliphatic carbocycles. The molecule has 182 valence electrons. The Morgan fingerprint density at radius 1 is 1.20 bits per heavy atom. The van der Waals surface area contributed by atoms with Gasteiger partial charge in [0.15, 0.2) is 5.82 Å². The van der Waals surface area contributed by atoms with E-state index in [1.165, 1.54) is 12.4 Å². The number of rotatable bonds is 8. The van der Waals surface area contributed by atoms with Gasteiger partial charge >= 0.3 is 0 Å². The fourth-order valence-corrected chi connectivity index (χ4v) is 5.18. The molecule has 5 rings (SSSR count). The molecule has 1 fully saturated rings. The number of carbonyl (C=O) groups is 1. The van der Waals surface area contributed by atoms with Gasteiger partial charge in [-0.15, -0.1) is 0 Å². The summed E-state index contributed by atoms with van der Waals surface area (Å²) in [6.45, 7) is 3.43. The summed E-state index contributed by atoms with van der Waals surface area (Å²) in [7, 11) is -3.47. The first-order chi connectivity index (χ1) is 16.8. The summed E-state index contributed by atoms with van der Waals surface area (Å²) in [5.74, 6) is 0.815. The van der Waals surface area contributed by atoms with Crippen LogP contribution in [0.5, 0.6) is 0 Å². The van der Waals surface area contributed by atoms with Crippen LogP contribution in [0.2, 0.25) is 0 Å². The van der Waals surface area contributed by atoms with Gasteiger partial charge in [-0.05, 0) is 32.8 Å². The van der Waals surface area contributed by atoms with Gasteiger partial charge in [-0.1, -0.05) is 0 Å². The van der Waals surface area contributed by atoms with Crippen LogP contribution in [-0.4, -0.2) is 60.0 Å². The van der Waals surface area contributed by atoms with Gasteiger partial charge in [0.1, 0.15) is 18.2 Å². The maximum atomic E-state index is 12.4.